The highest BCUT2D eigenvalue weighted by atomic mass is 32.2. The lowest BCUT2D eigenvalue weighted by atomic mass is 10.1. The van der Waals surface area contributed by atoms with Crippen molar-refractivity contribution in [1.82, 2.24) is 29.6 Å². The van der Waals surface area contributed by atoms with E-state index in [0.29, 0.717) is 30.6 Å². The fraction of sp³-hybridized carbons (Fsp3) is 0.304. The quantitative estimate of drug-likeness (QED) is 0.356. The third-order valence-electron chi connectivity index (χ3n) is 6.09. The van der Waals surface area contributed by atoms with Crippen molar-refractivity contribution >= 4 is 50.5 Å². The Balaban J connectivity index is 1.18. The van der Waals surface area contributed by atoms with E-state index in [0.717, 1.165) is 21.5 Å². The molecule has 0 bridgehead atoms. The number of thiophene rings is 1. The van der Waals surface area contributed by atoms with Crippen LogP contribution in [0.1, 0.15) is 29.3 Å². The van der Waals surface area contributed by atoms with Gasteiger partial charge in [-0.15, -0.1) is 16.4 Å². The number of nitrogens with one attached hydrogen (secondary N) is 2. The first-order valence-corrected chi connectivity index (χ1v) is 13.9. The van der Waals surface area contributed by atoms with E-state index >= 15 is 0 Å². The van der Waals surface area contributed by atoms with Crippen molar-refractivity contribution in [3.05, 3.63) is 69.8 Å². The van der Waals surface area contributed by atoms with Gasteiger partial charge in [0.2, 0.25) is 5.91 Å². The molecule has 5 rings (SSSR count). The lowest BCUT2D eigenvalue weighted by Crippen LogP contribution is -2.38. The van der Waals surface area contributed by atoms with E-state index in [1.165, 1.54) is 15.6 Å². The number of hydrogen-bond acceptors (Lipinski definition) is 7. The number of benzene rings is 1. The Bertz CT molecular complexity index is 1520. The molecule has 0 radical (unpaired) electrons. The van der Waals surface area contributed by atoms with Crippen molar-refractivity contribution in [2.24, 2.45) is 0 Å². The number of piperidine rings is 1. The predicted molar refractivity (Wildman–Crippen MR) is 136 cm³/mol. The zero-order chi connectivity index (χ0) is 24.4. The molecule has 4 heterocycles. The van der Waals surface area contributed by atoms with Crippen LogP contribution in [0.15, 0.2) is 58.9 Å². The Morgan fingerprint density at radius 3 is 2.74 bits per heavy atom. The first kappa shape index (κ1) is 23.8. The first-order chi connectivity index (χ1) is 16.9. The van der Waals surface area contributed by atoms with Crippen LogP contribution in [0.3, 0.4) is 0 Å². The van der Waals surface area contributed by atoms with Crippen molar-refractivity contribution < 1.29 is 13.2 Å². The molecule has 1 aliphatic rings. The van der Waals surface area contributed by atoms with Gasteiger partial charge in [-0.05, 0) is 48.7 Å². The zero-order valence-corrected chi connectivity index (χ0v) is 21.2. The summed E-state index contributed by atoms with van der Waals surface area (Å²) >= 11 is 6.38. The minimum atomic E-state index is -3.59. The molecule has 1 amide bonds. The summed E-state index contributed by atoms with van der Waals surface area (Å²) in [5, 5.41) is 11.3. The van der Waals surface area contributed by atoms with E-state index in [9.17, 15) is 13.2 Å². The van der Waals surface area contributed by atoms with Gasteiger partial charge in [0.1, 0.15) is 14.4 Å². The Labute approximate surface area is 211 Å². The number of rotatable bonds is 7. The molecule has 1 aliphatic heterocycles. The van der Waals surface area contributed by atoms with Crippen LogP contribution in [0.5, 0.6) is 0 Å². The molecule has 182 valence electrons. The van der Waals surface area contributed by atoms with Gasteiger partial charge in [-0.2, -0.15) is 4.31 Å². The van der Waals surface area contributed by atoms with Gasteiger partial charge in [0, 0.05) is 24.2 Å². The molecule has 35 heavy (non-hydrogen) atoms. The second-order valence-corrected chi connectivity index (χ2v) is 12.1. The number of para-hydroxylation sites is 1. The molecule has 9 nitrogen and oxygen atoms in total. The maximum absolute atomic E-state index is 13.2. The van der Waals surface area contributed by atoms with Gasteiger partial charge in [-0.3, -0.25) is 4.79 Å². The van der Waals surface area contributed by atoms with Crippen molar-refractivity contribution in [3.63, 3.8) is 0 Å². The van der Waals surface area contributed by atoms with Gasteiger partial charge in [-0.1, -0.05) is 35.6 Å². The highest BCUT2D eigenvalue weighted by Gasteiger charge is 2.32. The molecule has 12 heteroatoms. The van der Waals surface area contributed by atoms with Gasteiger partial charge < -0.3 is 10.3 Å². The number of aromatic nitrogens is 4. The molecule has 0 unspecified atom stereocenters. The number of aromatic amines is 1. The van der Waals surface area contributed by atoms with Crippen molar-refractivity contribution in [2.75, 3.05) is 13.1 Å². The molecule has 2 N–H and O–H groups in total. The van der Waals surface area contributed by atoms with Crippen LogP contribution in [-0.4, -0.2) is 51.7 Å². The summed E-state index contributed by atoms with van der Waals surface area (Å²) in [6, 6.07) is 14.9. The number of carbonyl (C=O) groups is 1. The summed E-state index contributed by atoms with van der Waals surface area (Å²) in [7, 11) is -3.59. The number of sulfonamides is 1. The largest absolute Gasteiger partial charge is 0.353 e. The van der Waals surface area contributed by atoms with Crippen LogP contribution < -0.4 is 5.32 Å². The normalized spacial score (nSPS) is 15.4. The molecule has 0 spiro atoms. The highest BCUT2D eigenvalue weighted by molar-refractivity contribution is 7.91. The Kier molecular flexibility index (Phi) is 6.78. The monoisotopic (exact) mass is 528 g/mol. The van der Waals surface area contributed by atoms with Crippen LogP contribution in [0.2, 0.25) is 0 Å². The number of carbonyl (C=O) groups excluding carboxylic acids is 1. The topological polar surface area (TPSA) is 113 Å². The SMILES string of the molecule is O=C(Cc1ccc[nH]c1=S)NCc1ccc(S(=O)(=O)N2CCC(n3nnc4ccccc43)CC2)s1. The number of amides is 1. The molecule has 4 aromatic rings. The summed E-state index contributed by atoms with van der Waals surface area (Å²) < 4.78 is 30.7. The third kappa shape index (κ3) is 5.06. The minimum absolute atomic E-state index is 0.112. The van der Waals surface area contributed by atoms with Gasteiger partial charge in [0.15, 0.2) is 0 Å². The summed E-state index contributed by atoms with van der Waals surface area (Å²) in [5.74, 6) is -0.170. The summed E-state index contributed by atoms with van der Waals surface area (Å²) in [4.78, 5) is 16.0. The van der Waals surface area contributed by atoms with Gasteiger partial charge in [0.05, 0.1) is 24.5 Å². The fourth-order valence-corrected chi connectivity index (χ4v) is 7.35. The van der Waals surface area contributed by atoms with E-state index in [1.807, 2.05) is 35.0 Å². The first-order valence-electron chi connectivity index (χ1n) is 11.2. The van der Waals surface area contributed by atoms with E-state index in [2.05, 4.69) is 20.6 Å². The van der Waals surface area contributed by atoms with Gasteiger partial charge in [-0.25, -0.2) is 13.1 Å². The molecule has 0 saturated carbocycles. The van der Waals surface area contributed by atoms with E-state index < -0.39 is 10.0 Å². The summed E-state index contributed by atoms with van der Waals surface area (Å²) in [5.41, 5.74) is 2.55. The minimum Gasteiger partial charge on any atom is -0.353 e. The van der Waals surface area contributed by atoms with Gasteiger partial charge >= 0.3 is 0 Å². The molecule has 1 aromatic carbocycles. The second kappa shape index (κ2) is 9.97. The van der Waals surface area contributed by atoms with Crippen LogP contribution in [0.25, 0.3) is 11.0 Å². The Morgan fingerprint density at radius 2 is 1.94 bits per heavy atom. The number of pyridine rings is 1. The molecular weight excluding hydrogens is 504 g/mol. The molecule has 0 atom stereocenters. The average Bonchev–Trinajstić information content (AvgIpc) is 3.52. The van der Waals surface area contributed by atoms with Gasteiger partial charge in [0.25, 0.3) is 10.0 Å². The number of fused-ring (bicyclic) bond motifs is 1. The lowest BCUT2D eigenvalue weighted by Gasteiger charge is -2.30. The van der Waals surface area contributed by atoms with E-state index in [4.69, 9.17) is 12.2 Å². The molecule has 0 aliphatic carbocycles. The van der Waals surface area contributed by atoms with Crippen molar-refractivity contribution in [3.8, 4) is 0 Å². The smallest absolute Gasteiger partial charge is 0.252 e. The lowest BCUT2D eigenvalue weighted by molar-refractivity contribution is -0.120. The van der Waals surface area contributed by atoms with Crippen LogP contribution in [-0.2, 0) is 27.8 Å². The molecular formula is C23H24N6O3S3. The van der Waals surface area contributed by atoms with Crippen LogP contribution in [0.4, 0.5) is 0 Å². The molecule has 1 fully saturated rings. The Morgan fingerprint density at radius 1 is 1.14 bits per heavy atom. The Hall–Kier alpha value is -2.93. The molecule has 1 saturated heterocycles. The van der Waals surface area contributed by atoms with E-state index in [-0.39, 0.29) is 29.1 Å². The fourth-order valence-electron chi connectivity index (χ4n) is 4.22. The van der Waals surface area contributed by atoms with Crippen molar-refractivity contribution in [1.29, 1.82) is 0 Å². The summed E-state index contributed by atoms with van der Waals surface area (Å²) in [6.45, 7) is 1.11. The van der Waals surface area contributed by atoms with Crippen molar-refractivity contribution in [2.45, 2.75) is 36.1 Å². The third-order valence-corrected chi connectivity index (χ3v) is 9.92. The molecule has 3 aromatic heterocycles. The van der Waals surface area contributed by atoms with Crippen LogP contribution >= 0.6 is 23.6 Å². The standard InChI is InChI=1S/C23H24N6O3S3/c30-21(14-16-4-3-11-24-23(16)33)25-15-18-7-8-22(34-18)35(31,32)28-12-9-17(10-13-28)29-20-6-2-1-5-19(20)26-27-29/h1-8,11,17H,9-10,12-15H2,(H,24,33)(H,25,30). The number of hydrogen-bond donors (Lipinski definition) is 2. The number of H-pyrrole nitrogens is 1. The number of nitrogens with zero attached hydrogens (tertiary/aromatic N) is 4. The maximum Gasteiger partial charge on any atom is 0.252 e. The average molecular weight is 529 g/mol. The maximum atomic E-state index is 13.2. The van der Waals surface area contributed by atoms with E-state index in [1.54, 1.807) is 24.4 Å². The zero-order valence-electron chi connectivity index (χ0n) is 18.8. The highest BCUT2D eigenvalue weighted by Crippen LogP contribution is 2.31. The summed E-state index contributed by atoms with van der Waals surface area (Å²) in [6.07, 6.45) is 3.23. The second-order valence-electron chi connectivity index (χ2n) is 8.36. The van der Waals surface area contributed by atoms with Crippen LogP contribution in [0, 0.1) is 4.64 Å². The predicted octanol–water partition coefficient (Wildman–Crippen LogP) is 3.44.